The van der Waals surface area contributed by atoms with Gasteiger partial charge in [0.25, 0.3) is 5.88 Å². The molecule has 2 heterocycles. The van der Waals surface area contributed by atoms with Crippen molar-refractivity contribution in [1.29, 1.82) is 0 Å². The zero-order valence-corrected chi connectivity index (χ0v) is 7.21. The van der Waals surface area contributed by atoms with Gasteiger partial charge in [0.1, 0.15) is 12.7 Å². The van der Waals surface area contributed by atoms with E-state index in [2.05, 4.69) is 9.97 Å². The van der Waals surface area contributed by atoms with Crippen LogP contribution < -0.4 is 9.47 Å². The van der Waals surface area contributed by atoms with Crippen LogP contribution in [0, 0.1) is 0 Å². The molecule has 0 amide bonds. The molecule has 1 aliphatic rings. The maximum absolute atomic E-state index is 5.56. The number of hydrogen-bond acceptors (Lipinski definition) is 4. The number of rotatable bonds is 0. The van der Waals surface area contributed by atoms with Gasteiger partial charge < -0.3 is 9.47 Å². The Bertz CT molecular complexity index is 305. The highest BCUT2D eigenvalue weighted by molar-refractivity contribution is 6.28. The Hall–Kier alpha value is -1.03. The molecule has 1 atom stereocenters. The summed E-state index contributed by atoms with van der Waals surface area (Å²) in [5.41, 5.74) is 0. The van der Waals surface area contributed by atoms with E-state index in [0.29, 0.717) is 18.2 Å². The average Bonchev–Trinajstić information content (AvgIpc) is 2.05. The number of aromatic nitrogens is 2. The summed E-state index contributed by atoms with van der Waals surface area (Å²) in [7, 11) is 0. The molecule has 1 aliphatic heterocycles. The van der Waals surface area contributed by atoms with Gasteiger partial charge in [0, 0.05) is 0 Å². The Labute approximate surface area is 74.5 Å². The minimum atomic E-state index is 0.0438. The second kappa shape index (κ2) is 2.79. The zero-order valence-electron chi connectivity index (χ0n) is 6.45. The van der Waals surface area contributed by atoms with E-state index in [4.69, 9.17) is 21.1 Å². The summed E-state index contributed by atoms with van der Waals surface area (Å²) in [6.45, 7) is 2.41. The van der Waals surface area contributed by atoms with Crippen molar-refractivity contribution < 1.29 is 9.47 Å². The van der Waals surface area contributed by atoms with E-state index >= 15 is 0 Å². The number of hydrogen-bond donors (Lipinski definition) is 0. The summed E-state index contributed by atoms with van der Waals surface area (Å²) in [6, 6.07) is 0. The molecule has 0 fully saturated rings. The van der Waals surface area contributed by atoms with Gasteiger partial charge in [0.2, 0.25) is 11.0 Å². The van der Waals surface area contributed by atoms with Gasteiger partial charge in [0.05, 0.1) is 6.20 Å². The molecule has 0 saturated heterocycles. The highest BCUT2D eigenvalue weighted by Crippen LogP contribution is 2.28. The summed E-state index contributed by atoms with van der Waals surface area (Å²) in [6.07, 6.45) is 1.56. The Kier molecular flexibility index (Phi) is 1.77. The lowest BCUT2D eigenvalue weighted by molar-refractivity contribution is 0.0980. The van der Waals surface area contributed by atoms with Gasteiger partial charge in [-0.3, -0.25) is 0 Å². The molecule has 5 heteroatoms. The van der Waals surface area contributed by atoms with E-state index in [1.54, 1.807) is 0 Å². The standard InChI is InChI=1S/C7H7ClN2O2/c1-4-3-11-6-5(12-4)2-9-7(8)10-6/h2,4H,3H2,1H3/t4-/m1/s1. The molecule has 4 nitrogen and oxygen atoms in total. The second-order valence-corrected chi connectivity index (χ2v) is 2.89. The molecule has 64 valence electrons. The van der Waals surface area contributed by atoms with Gasteiger partial charge in [-0.1, -0.05) is 0 Å². The maximum atomic E-state index is 5.56. The van der Waals surface area contributed by atoms with Crippen molar-refractivity contribution in [3.05, 3.63) is 11.5 Å². The van der Waals surface area contributed by atoms with Crippen LogP contribution in [-0.2, 0) is 0 Å². The van der Waals surface area contributed by atoms with E-state index in [-0.39, 0.29) is 11.4 Å². The molecule has 1 aromatic heterocycles. The quantitative estimate of drug-likeness (QED) is 0.573. The van der Waals surface area contributed by atoms with Crippen molar-refractivity contribution in [2.24, 2.45) is 0 Å². The third kappa shape index (κ3) is 1.30. The molecular weight excluding hydrogens is 180 g/mol. The number of fused-ring (bicyclic) bond motifs is 1. The monoisotopic (exact) mass is 186 g/mol. The fourth-order valence-corrected chi connectivity index (χ4v) is 1.09. The molecule has 0 unspecified atom stereocenters. The molecule has 0 bridgehead atoms. The normalized spacial score (nSPS) is 20.7. The maximum Gasteiger partial charge on any atom is 0.261 e. The summed E-state index contributed by atoms with van der Waals surface area (Å²) < 4.78 is 10.6. The zero-order chi connectivity index (χ0) is 8.55. The van der Waals surface area contributed by atoms with Crippen LogP contribution in [0.2, 0.25) is 5.28 Å². The van der Waals surface area contributed by atoms with E-state index in [1.807, 2.05) is 6.92 Å². The first-order chi connectivity index (χ1) is 5.75. The van der Waals surface area contributed by atoms with Crippen molar-refractivity contribution in [3.8, 4) is 11.6 Å². The molecule has 0 spiro atoms. The molecule has 0 radical (unpaired) electrons. The van der Waals surface area contributed by atoms with Crippen LogP contribution in [0.3, 0.4) is 0 Å². The number of halogens is 1. The molecule has 0 aromatic carbocycles. The molecule has 2 rings (SSSR count). The summed E-state index contributed by atoms with van der Waals surface area (Å²) in [5, 5.41) is 0.173. The van der Waals surface area contributed by atoms with Crippen LogP contribution in [0.4, 0.5) is 0 Å². The Balaban J connectivity index is 2.37. The van der Waals surface area contributed by atoms with Crippen molar-refractivity contribution in [3.63, 3.8) is 0 Å². The first-order valence-corrected chi connectivity index (χ1v) is 3.95. The number of ether oxygens (including phenoxy) is 2. The Morgan fingerprint density at radius 2 is 2.50 bits per heavy atom. The first kappa shape index (κ1) is 7.61. The minimum absolute atomic E-state index is 0.0438. The van der Waals surface area contributed by atoms with Crippen LogP contribution in [-0.4, -0.2) is 22.7 Å². The van der Waals surface area contributed by atoms with E-state index in [0.717, 1.165) is 0 Å². The van der Waals surface area contributed by atoms with Gasteiger partial charge in [-0.05, 0) is 18.5 Å². The third-order valence-electron chi connectivity index (χ3n) is 1.48. The van der Waals surface area contributed by atoms with Gasteiger partial charge >= 0.3 is 0 Å². The molecular formula is C7H7ClN2O2. The van der Waals surface area contributed by atoms with Crippen LogP contribution in [0.5, 0.6) is 11.6 Å². The predicted molar refractivity (Wildman–Crippen MR) is 42.6 cm³/mol. The molecule has 0 saturated carbocycles. The third-order valence-corrected chi connectivity index (χ3v) is 1.66. The average molecular weight is 187 g/mol. The van der Waals surface area contributed by atoms with Crippen LogP contribution in [0.1, 0.15) is 6.92 Å². The number of nitrogens with zero attached hydrogens (tertiary/aromatic N) is 2. The second-order valence-electron chi connectivity index (χ2n) is 2.55. The van der Waals surface area contributed by atoms with Gasteiger partial charge in [-0.25, -0.2) is 4.98 Å². The summed E-state index contributed by atoms with van der Waals surface area (Å²) >= 11 is 5.56. The smallest absolute Gasteiger partial charge is 0.261 e. The van der Waals surface area contributed by atoms with Crippen molar-refractivity contribution >= 4 is 11.6 Å². The van der Waals surface area contributed by atoms with E-state index in [9.17, 15) is 0 Å². The van der Waals surface area contributed by atoms with Crippen molar-refractivity contribution in [2.45, 2.75) is 13.0 Å². The Morgan fingerprint density at radius 3 is 3.33 bits per heavy atom. The first-order valence-electron chi connectivity index (χ1n) is 3.57. The van der Waals surface area contributed by atoms with Crippen LogP contribution in [0.25, 0.3) is 0 Å². The lowest BCUT2D eigenvalue weighted by atomic mass is 10.4. The molecule has 12 heavy (non-hydrogen) atoms. The van der Waals surface area contributed by atoms with Gasteiger partial charge in [-0.15, -0.1) is 0 Å². The van der Waals surface area contributed by atoms with Gasteiger partial charge in [0.15, 0.2) is 0 Å². The minimum Gasteiger partial charge on any atom is -0.480 e. The lowest BCUT2D eigenvalue weighted by Gasteiger charge is -2.21. The highest BCUT2D eigenvalue weighted by Gasteiger charge is 2.18. The lowest BCUT2D eigenvalue weighted by Crippen LogP contribution is -2.26. The van der Waals surface area contributed by atoms with E-state index in [1.165, 1.54) is 6.20 Å². The van der Waals surface area contributed by atoms with E-state index < -0.39 is 0 Å². The van der Waals surface area contributed by atoms with Crippen molar-refractivity contribution in [2.75, 3.05) is 6.61 Å². The topological polar surface area (TPSA) is 44.2 Å². The fourth-order valence-electron chi connectivity index (χ4n) is 0.966. The Morgan fingerprint density at radius 1 is 1.67 bits per heavy atom. The SMILES string of the molecule is C[C@@H]1COc2nc(Cl)ncc2O1. The largest absolute Gasteiger partial charge is 0.480 e. The summed E-state index contributed by atoms with van der Waals surface area (Å²) in [5.74, 6) is 0.978. The fraction of sp³-hybridized carbons (Fsp3) is 0.429. The predicted octanol–water partition coefficient (Wildman–Crippen LogP) is 1.29. The van der Waals surface area contributed by atoms with Crippen molar-refractivity contribution in [1.82, 2.24) is 9.97 Å². The molecule has 0 N–H and O–H groups in total. The van der Waals surface area contributed by atoms with Crippen LogP contribution in [0.15, 0.2) is 6.20 Å². The highest BCUT2D eigenvalue weighted by atomic mass is 35.5. The van der Waals surface area contributed by atoms with Crippen LogP contribution >= 0.6 is 11.6 Å². The molecule has 0 aliphatic carbocycles. The molecule has 1 aromatic rings. The van der Waals surface area contributed by atoms with Gasteiger partial charge in [-0.2, -0.15) is 4.98 Å². The summed E-state index contributed by atoms with van der Waals surface area (Å²) in [4.78, 5) is 7.63.